The first-order chi connectivity index (χ1) is 14.6. The highest BCUT2D eigenvalue weighted by molar-refractivity contribution is 5.78. The van der Waals surface area contributed by atoms with Crippen LogP contribution in [-0.4, -0.2) is 61.7 Å². The van der Waals surface area contributed by atoms with E-state index in [-0.39, 0.29) is 17.9 Å². The normalized spacial score (nSPS) is 17.6. The highest BCUT2D eigenvalue weighted by Gasteiger charge is 2.24. The number of anilines is 1. The van der Waals surface area contributed by atoms with Crippen molar-refractivity contribution in [3.8, 4) is 11.5 Å². The lowest BCUT2D eigenvalue weighted by Crippen LogP contribution is -2.50. The molecule has 2 aliphatic rings. The first kappa shape index (κ1) is 20.5. The van der Waals surface area contributed by atoms with E-state index in [0.717, 1.165) is 49.1 Å². The molecule has 0 radical (unpaired) electrons. The summed E-state index contributed by atoms with van der Waals surface area (Å²) in [6.07, 6.45) is 1.82. The molecule has 3 heterocycles. The number of amides is 1. The number of benzene rings is 1. The molecule has 1 fully saturated rings. The summed E-state index contributed by atoms with van der Waals surface area (Å²) in [6, 6.07) is 11.8. The Morgan fingerprint density at radius 2 is 1.83 bits per heavy atom. The van der Waals surface area contributed by atoms with Crippen molar-refractivity contribution in [1.82, 2.24) is 15.2 Å². The average molecular weight is 411 g/mol. The number of ether oxygens (including phenoxy) is 2. The van der Waals surface area contributed by atoms with Gasteiger partial charge in [-0.2, -0.15) is 0 Å². The predicted molar refractivity (Wildman–Crippen MR) is 116 cm³/mol. The van der Waals surface area contributed by atoms with Crippen molar-refractivity contribution in [1.29, 1.82) is 0 Å². The molecule has 7 heteroatoms. The lowest BCUT2D eigenvalue weighted by atomic mass is 9.95. The van der Waals surface area contributed by atoms with Gasteiger partial charge in [0, 0.05) is 32.4 Å². The summed E-state index contributed by atoms with van der Waals surface area (Å²) in [6.45, 7) is 9.22. The molecular formula is C23H30N4O3. The Balaban J connectivity index is 1.33. The van der Waals surface area contributed by atoms with Gasteiger partial charge in [-0.25, -0.2) is 4.98 Å². The third kappa shape index (κ3) is 4.84. The quantitative estimate of drug-likeness (QED) is 0.789. The third-order valence-corrected chi connectivity index (χ3v) is 5.62. The maximum Gasteiger partial charge on any atom is 0.234 e. The lowest BCUT2D eigenvalue weighted by Gasteiger charge is -2.35. The van der Waals surface area contributed by atoms with Crippen LogP contribution in [-0.2, 0) is 4.79 Å². The van der Waals surface area contributed by atoms with Gasteiger partial charge in [0.15, 0.2) is 11.5 Å². The minimum Gasteiger partial charge on any atom is -0.486 e. The number of rotatable bonds is 6. The Kier molecular flexibility index (Phi) is 6.38. The Bertz CT molecular complexity index is 851. The second kappa shape index (κ2) is 9.34. The number of hydrogen-bond donors (Lipinski definition) is 1. The number of aromatic nitrogens is 1. The van der Waals surface area contributed by atoms with Gasteiger partial charge >= 0.3 is 0 Å². The van der Waals surface area contributed by atoms with Crippen LogP contribution in [0.4, 0.5) is 5.82 Å². The molecule has 4 rings (SSSR count). The number of piperazine rings is 1. The van der Waals surface area contributed by atoms with E-state index >= 15 is 0 Å². The zero-order valence-electron chi connectivity index (χ0n) is 17.7. The van der Waals surface area contributed by atoms with E-state index in [4.69, 9.17) is 9.47 Å². The molecule has 1 N–H and O–H groups in total. The summed E-state index contributed by atoms with van der Waals surface area (Å²) in [5.41, 5.74) is 1.04. The summed E-state index contributed by atoms with van der Waals surface area (Å²) in [4.78, 5) is 21.7. The van der Waals surface area contributed by atoms with Crippen molar-refractivity contribution in [3.05, 3.63) is 48.2 Å². The number of nitrogens with zero attached hydrogens (tertiary/aromatic N) is 3. The average Bonchev–Trinajstić information content (AvgIpc) is 2.78. The van der Waals surface area contributed by atoms with Gasteiger partial charge in [-0.1, -0.05) is 26.0 Å². The number of fused-ring (bicyclic) bond motifs is 1. The van der Waals surface area contributed by atoms with Gasteiger partial charge in [-0.3, -0.25) is 9.69 Å². The largest absolute Gasteiger partial charge is 0.486 e. The van der Waals surface area contributed by atoms with E-state index in [0.29, 0.717) is 19.8 Å². The van der Waals surface area contributed by atoms with Crippen LogP contribution in [0.5, 0.6) is 11.5 Å². The van der Waals surface area contributed by atoms with E-state index in [9.17, 15) is 4.79 Å². The molecule has 0 aliphatic carbocycles. The van der Waals surface area contributed by atoms with Gasteiger partial charge in [0.2, 0.25) is 5.91 Å². The summed E-state index contributed by atoms with van der Waals surface area (Å²) in [7, 11) is 0. The Labute approximate surface area is 178 Å². The molecule has 1 amide bonds. The fourth-order valence-electron chi connectivity index (χ4n) is 3.99. The van der Waals surface area contributed by atoms with Crippen LogP contribution < -0.4 is 19.7 Å². The Hall–Kier alpha value is -2.80. The highest BCUT2D eigenvalue weighted by atomic mass is 16.6. The van der Waals surface area contributed by atoms with Crippen molar-refractivity contribution < 1.29 is 14.3 Å². The van der Waals surface area contributed by atoms with E-state index in [1.54, 1.807) is 0 Å². The van der Waals surface area contributed by atoms with Crippen LogP contribution in [0.1, 0.15) is 25.5 Å². The monoisotopic (exact) mass is 410 g/mol. The van der Waals surface area contributed by atoms with Crippen molar-refractivity contribution in [2.45, 2.75) is 19.9 Å². The standard InChI is InChI=1S/C23H30N4O3/c1-17(2)23(18-6-7-19-20(15-18)30-14-13-29-19)25-22(28)16-26-9-11-27(12-10-26)21-5-3-4-8-24-21/h3-8,15,17,23H,9-14,16H2,1-2H3,(H,25,28)/t23-/m1/s1. The number of nitrogens with one attached hydrogen (secondary N) is 1. The minimum atomic E-state index is -0.0665. The molecule has 0 saturated carbocycles. The predicted octanol–water partition coefficient (Wildman–Crippen LogP) is 2.49. The molecule has 1 aromatic heterocycles. The second-order valence-electron chi connectivity index (χ2n) is 8.14. The summed E-state index contributed by atoms with van der Waals surface area (Å²) < 4.78 is 11.3. The maximum atomic E-state index is 12.8. The van der Waals surface area contributed by atoms with Crippen molar-refractivity contribution in [3.63, 3.8) is 0 Å². The number of hydrogen-bond acceptors (Lipinski definition) is 6. The summed E-state index contributed by atoms with van der Waals surface area (Å²) in [5.74, 6) is 2.83. The van der Waals surface area contributed by atoms with Crippen molar-refractivity contribution in [2.75, 3.05) is 50.8 Å². The first-order valence-corrected chi connectivity index (χ1v) is 10.7. The van der Waals surface area contributed by atoms with Crippen LogP contribution in [0.3, 0.4) is 0 Å². The second-order valence-corrected chi connectivity index (χ2v) is 8.14. The molecular weight excluding hydrogens is 380 g/mol. The molecule has 1 atom stereocenters. The van der Waals surface area contributed by atoms with Crippen LogP contribution >= 0.6 is 0 Å². The maximum absolute atomic E-state index is 12.8. The molecule has 0 bridgehead atoms. The van der Waals surface area contributed by atoms with E-state index in [2.05, 4.69) is 33.9 Å². The zero-order chi connectivity index (χ0) is 20.9. The Morgan fingerprint density at radius 1 is 1.07 bits per heavy atom. The van der Waals surface area contributed by atoms with E-state index in [1.807, 2.05) is 42.6 Å². The highest BCUT2D eigenvalue weighted by Crippen LogP contribution is 2.34. The third-order valence-electron chi connectivity index (χ3n) is 5.62. The van der Waals surface area contributed by atoms with Crippen LogP contribution in [0.2, 0.25) is 0 Å². The van der Waals surface area contributed by atoms with Gasteiger partial charge in [0.25, 0.3) is 0 Å². The van der Waals surface area contributed by atoms with Crippen molar-refractivity contribution in [2.24, 2.45) is 5.92 Å². The number of pyridine rings is 1. The smallest absolute Gasteiger partial charge is 0.234 e. The van der Waals surface area contributed by atoms with Gasteiger partial charge in [0.05, 0.1) is 12.6 Å². The van der Waals surface area contributed by atoms with Crippen LogP contribution in [0.25, 0.3) is 0 Å². The van der Waals surface area contributed by atoms with E-state index < -0.39 is 0 Å². The zero-order valence-corrected chi connectivity index (χ0v) is 17.7. The fourth-order valence-corrected chi connectivity index (χ4v) is 3.99. The molecule has 2 aliphatic heterocycles. The van der Waals surface area contributed by atoms with Crippen LogP contribution in [0.15, 0.2) is 42.6 Å². The summed E-state index contributed by atoms with van der Waals surface area (Å²) in [5, 5.41) is 3.23. The van der Waals surface area contributed by atoms with Gasteiger partial charge < -0.3 is 19.7 Å². The molecule has 0 spiro atoms. The topological polar surface area (TPSA) is 66.9 Å². The molecule has 0 unspecified atom stereocenters. The van der Waals surface area contributed by atoms with Crippen LogP contribution in [0, 0.1) is 5.92 Å². The SMILES string of the molecule is CC(C)[C@@H](NC(=O)CN1CCN(c2ccccn2)CC1)c1ccc2c(c1)OCCO2. The Morgan fingerprint density at radius 3 is 2.53 bits per heavy atom. The number of carbonyl (C=O) groups is 1. The molecule has 1 aromatic carbocycles. The minimum absolute atomic E-state index is 0.0508. The number of carbonyl (C=O) groups excluding carboxylic acids is 1. The molecule has 7 nitrogen and oxygen atoms in total. The lowest BCUT2D eigenvalue weighted by molar-refractivity contribution is -0.123. The molecule has 160 valence electrons. The van der Waals surface area contributed by atoms with Gasteiger partial charge in [-0.15, -0.1) is 0 Å². The molecule has 30 heavy (non-hydrogen) atoms. The summed E-state index contributed by atoms with van der Waals surface area (Å²) >= 11 is 0. The first-order valence-electron chi connectivity index (χ1n) is 10.7. The molecule has 1 saturated heterocycles. The van der Waals surface area contributed by atoms with Gasteiger partial charge in [0.1, 0.15) is 19.0 Å². The van der Waals surface area contributed by atoms with Crippen molar-refractivity contribution >= 4 is 11.7 Å². The van der Waals surface area contributed by atoms with E-state index in [1.165, 1.54) is 0 Å². The molecule has 2 aromatic rings. The van der Waals surface area contributed by atoms with Gasteiger partial charge in [-0.05, 0) is 35.7 Å². The fraction of sp³-hybridized carbons (Fsp3) is 0.478.